The van der Waals surface area contributed by atoms with E-state index in [1.54, 1.807) is 48.8 Å². The molecular weight excluding hydrogens is 292 g/mol. The van der Waals surface area contributed by atoms with Gasteiger partial charge in [-0.3, -0.25) is 9.59 Å². The highest BCUT2D eigenvalue weighted by atomic mass is 16.5. The second-order valence-electron chi connectivity index (χ2n) is 5.18. The van der Waals surface area contributed by atoms with Gasteiger partial charge in [-0.1, -0.05) is 12.1 Å². The monoisotopic (exact) mass is 308 g/mol. The van der Waals surface area contributed by atoms with Crippen molar-refractivity contribution in [1.29, 1.82) is 0 Å². The number of aromatic amines is 1. The molecule has 116 valence electrons. The number of hydrogen-bond acceptors (Lipinski definition) is 4. The van der Waals surface area contributed by atoms with Crippen LogP contribution in [0.4, 0.5) is 0 Å². The van der Waals surface area contributed by atoms with Crippen LogP contribution in [0.15, 0.2) is 48.8 Å². The molecule has 0 fully saturated rings. The maximum atomic E-state index is 12.3. The van der Waals surface area contributed by atoms with Crippen molar-refractivity contribution in [2.45, 2.75) is 12.8 Å². The normalized spacial score (nSPS) is 10.7. The highest BCUT2D eigenvalue weighted by Gasteiger charge is 2.14. The summed E-state index contributed by atoms with van der Waals surface area (Å²) in [5, 5.41) is 0. The Morgan fingerprint density at radius 3 is 2.70 bits per heavy atom. The third-order valence-electron chi connectivity index (χ3n) is 3.73. The number of carbonyl (C=O) groups excluding carboxylic acids is 2. The van der Waals surface area contributed by atoms with Gasteiger partial charge in [0.15, 0.2) is 11.6 Å². The number of ketones is 2. The standard InChI is InChI=1S/C18H16N2O3/c1-23-18-5-3-2-4-13(18)17(22)9-8-16(21)12-6-7-14-15(10-12)20-11-19-14/h2-7,10-11H,8-9H2,1H3,(H,19,20). The van der Waals surface area contributed by atoms with Crippen molar-refractivity contribution < 1.29 is 14.3 Å². The summed E-state index contributed by atoms with van der Waals surface area (Å²) in [5.41, 5.74) is 2.71. The summed E-state index contributed by atoms with van der Waals surface area (Å²) in [6, 6.07) is 12.3. The predicted molar refractivity (Wildman–Crippen MR) is 87.0 cm³/mol. The van der Waals surface area contributed by atoms with Gasteiger partial charge in [0.1, 0.15) is 5.75 Å². The quantitative estimate of drug-likeness (QED) is 0.708. The van der Waals surface area contributed by atoms with Gasteiger partial charge in [-0.25, -0.2) is 4.98 Å². The van der Waals surface area contributed by atoms with Crippen LogP contribution in [0, 0.1) is 0 Å². The van der Waals surface area contributed by atoms with Gasteiger partial charge in [0, 0.05) is 18.4 Å². The highest BCUT2D eigenvalue weighted by molar-refractivity contribution is 6.04. The third-order valence-corrected chi connectivity index (χ3v) is 3.73. The minimum atomic E-state index is -0.0987. The molecule has 0 saturated carbocycles. The minimum Gasteiger partial charge on any atom is -0.496 e. The number of carbonyl (C=O) groups is 2. The van der Waals surface area contributed by atoms with Crippen LogP contribution in [0.2, 0.25) is 0 Å². The Hall–Kier alpha value is -2.95. The average Bonchev–Trinajstić information content (AvgIpc) is 3.06. The molecule has 5 nitrogen and oxygen atoms in total. The summed E-state index contributed by atoms with van der Waals surface area (Å²) in [4.78, 5) is 31.7. The highest BCUT2D eigenvalue weighted by Crippen LogP contribution is 2.20. The lowest BCUT2D eigenvalue weighted by Gasteiger charge is -2.07. The molecule has 3 rings (SSSR count). The molecule has 0 atom stereocenters. The number of methoxy groups -OCH3 is 1. The Kier molecular flexibility index (Phi) is 4.19. The van der Waals surface area contributed by atoms with Gasteiger partial charge in [0.2, 0.25) is 0 Å². The molecule has 0 amide bonds. The first-order valence-electron chi connectivity index (χ1n) is 7.31. The molecule has 0 bridgehead atoms. The van der Waals surface area contributed by atoms with E-state index in [0.717, 1.165) is 11.0 Å². The summed E-state index contributed by atoms with van der Waals surface area (Å²) in [5.74, 6) is 0.368. The minimum absolute atomic E-state index is 0.0650. The van der Waals surface area contributed by atoms with Crippen LogP contribution in [-0.4, -0.2) is 28.6 Å². The molecule has 0 spiro atoms. The molecule has 1 N–H and O–H groups in total. The molecule has 5 heteroatoms. The van der Waals surface area contributed by atoms with Crippen LogP contribution in [0.1, 0.15) is 33.6 Å². The summed E-state index contributed by atoms with van der Waals surface area (Å²) in [6.45, 7) is 0. The van der Waals surface area contributed by atoms with Crippen LogP contribution < -0.4 is 4.74 Å². The van der Waals surface area contributed by atoms with E-state index in [0.29, 0.717) is 16.9 Å². The van der Waals surface area contributed by atoms with Crippen LogP contribution >= 0.6 is 0 Å². The Bertz CT molecular complexity index is 867. The van der Waals surface area contributed by atoms with Crippen molar-refractivity contribution in [3.05, 3.63) is 59.9 Å². The topological polar surface area (TPSA) is 72.1 Å². The van der Waals surface area contributed by atoms with Crippen molar-refractivity contribution in [2.24, 2.45) is 0 Å². The lowest BCUT2D eigenvalue weighted by molar-refractivity contribution is 0.0916. The maximum absolute atomic E-state index is 12.3. The van der Waals surface area contributed by atoms with E-state index in [4.69, 9.17) is 4.74 Å². The molecule has 1 aromatic heterocycles. The van der Waals surface area contributed by atoms with E-state index in [1.807, 2.05) is 0 Å². The molecule has 23 heavy (non-hydrogen) atoms. The SMILES string of the molecule is COc1ccccc1C(=O)CCC(=O)c1ccc2nc[nH]c2c1. The van der Waals surface area contributed by atoms with Crippen LogP contribution in [0.3, 0.4) is 0 Å². The Morgan fingerprint density at radius 1 is 1.09 bits per heavy atom. The Morgan fingerprint density at radius 2 is 1.87 bits per heavy atom. The smallest absolute Gasteiger partial charge is 0.167 e. The van der Waals surface area contributed by atoms with Gasteiger partial charge < -0.3 is 9.72 Å². The van der Waals surface area contributed by atoms with Crippen molar-refractivity contribution in [2.75, 3.05) is 7.11 Å². The summed E-state index contributed by atoms with van der Waals surface area (Å²) >= 11 is 0. The zero-order valence-electron chi connectivity index (χ0n) is 12.7. The van der Waals surface area contributed by atoms with Gasteiger partial charge in [0.05, 0.1) is 30.0 Å². The molecule has 2 aromatic carbocycles. The summed E-state index contributed by atoms with van der Waals surface area (Å²) < 4.78 is 5.18. The van der Waals surface area contributed by atoms with Crippen LogP contribution in [0.25, 0.3) is 11.0 Å². The average molecular weight is 308 g/mol. The van der Waals surface area contributed by atoms with Crippen molar-refractivity contribution in [3.63, 3.8) is 0 Å². The predicted octanol–water partition coefficient (Wildman–Crippen LogP) is 3.42. The number of hydrogen-bond donors (Lipinski definition) is 1. The number of aromatic nitrogens is 2. The van der Waals surface area contributed by atoms with E-state index in [1.165, 1.54) is 7.11 Å². The molecule has 0 saturated heterocycles. The van der Waals surface area contributed by atoms with E-state index in [9.17, 15) is 9.59 Å². The number of Topliss-reactive ketones (excluding diaryl/α,β-unsaturated/α-hetero) is 2. The molecule has 3 aromatic rings. The largest absolute Gasteiger partial charge is 0.496 e. The van der Waals surface area contributed by atoms with Crippen LogP contribution in [-0.2, 0) is 0 Å². The molecule has 0 radical (unpaired) electrons. The number of para-hydroxylation sites is 1. The molecule has 0 unspecified atom stereocenters. The lowest BCUT2D eigenvalue weighted by Crippen LogP contribution is -2.06. The summed E-state index contributed by atoms with van der Waals surface area (Å²) in [7, 11) is 1.52. The zero-order chi connectivity index (χ0) is 16.2. The number of H-pyrrole nitrogens is 1. The fourth-order valence-corrected chi connectivity index (χ4v) is 2.49. The molecule has 0 aliphatic rings. The first-order valence-corrected chi connectivity index (χ1v) is 7.31. The Labute approximate surface area is 133 Å². The second-order valence-corrected chi connectivity index (χ2v) is 5.18. The van der Waals surface area contributed by atoms with E-state index >= 15 is 0 Å². The number of benzene rings is 2. The van der Waals surface area contributed by atoms with Gasteiger partial charge in [-0.2, -0.15) is 0 Å². The second kappa shape index (κ2) is 6.44. The molecule has 0 aliphatic carbocycles. The van der Waals surface area contributed by atoms with E-state index in [-0.39, 0.29) is 24.4 Å². The number of ether oxygens (including phenoxy) is 1. The Balaban J connectivity index is 1.69. The number of nitrogens with one attached hydrogen (secondary N) is 1. The summed E-state index contributed by atoms with van der Waals surface area (Å²) in [6.07, 6.45) is 1.90. The molecule has 0 aliphatic heterocycles. The van der Waals surface area contributed by atoms with E-state index in [2.05, 4.69) is 9.97 Å². The van der Waals surface area contributed by atoms with Crippen molar-refractivity contribution in [3.8, 4) is 5.75 Å². The first kappa shape index (κ1) is 15.0. The van der Waals surface area contributed by atoms with Gasteiger partial charge in [-0.15, -0.1) is 0 Å². The lowest BCUT2D eigenvalue weighted by atomic mass is 10.0. The first-order chi connectivity index (χ1) is 11.2. The van der Waals surface area contributed by atoms with Crippen molar-refractivity contribution in [1.82, 2.24) is 9.97 Å². The van der Waals surface area contributed by atoms with E-state index < -0.39 is 0 Å². The number of fused-ring (bicyclic) bond motifs is 1. The zero-order valence-corrected chi connectivity index (χ0v) is 12.7. The molecule has 1 heterocycles. The third kappa shape index (κ3) is 3.13. The maximum Gasteiger partial charge on any atom is 0.167 e. The van der Waals surface area contributed by atoms with Gasteiger partial charge in [0.25, 0.3) is 0 Å². The van der Waals surface area contributed by atoms with Gasteiger partial charge >= 0.3 is 0 Å². The number of nitrogens with zero attached hydrogens (tertiary/aromatic N) is 1. The van der Waals surface area contributed by atoms with Gasteiger partial charge in [-0.05, 0) is 30.3 Å². The fourth-order valence-electron chi connectivity index (χ4n) is 2.49. The fraction of sp³-hybridized carbons (Fsp3) is 0.167. The van der Waals surface area contributed by atoms with Crippen LogP contribution in [0.5, 0.6) is 5.75 Å². The molecular formula is C18H16N2O3. The number of imidazole rings is 1. The van der Waals surface area contributed by atoms with Crippen molar-refractivity contribution >= 4 is 22.6 Å². The number of rotatable bonds is 6.